The monoisotopic (exact) mass is 645 g/mol. The molecule has 17 heteroatoms. The lowest BCUT2D eigenvalue weighted by Crippen LogP contribution is -2.43. The standard InChI is InChI=1S/C28H24ClF4N9O3/c1-40-9-8-18(39-40)14-2-4-15(5-3-14)22-25(43)41(26(34)38-22)20(12-45-27(44)37-21-11-28(21,32)33)16-6-7-17(29)19(10-16)42-24(23(30)31)35-13-36-42/h2-10,13,20-23H,11-12H2,1H3,(H2,34,38)(H,37,44)/t20?,21-,22?/m0/s1. The van der Waals surface area contributed by atoms with Gasteiger partial charge in [-0.15, -0.1) is 0 Å². The quantitative estimate of drug-likeness (QED) is 0.258. The fourth-order valence-corrected chi connectivity index (χ4v) is 5.14. The molecule has 2 aromatic heterocycles. The predicted octanol–water partition coefficient (Wildman–Crippen LogP) is 4.33. The molecule has 1 fully saturated rings. The molecule has 2 unspecified atom stereocenters. The van der Waals surface area contributed by atoms with E-state index >= 15 is 0 Å². The van der Waals surface area contributed by atoms with Crippen molar-refractivity contribution in [1.29, 1.82) is 0 Å². The van der Waals surface area contributed by atoms with E-state index in [0.29, 0.717) is 5.56 Å². The van der Waals surface area contributed by atoms with E-state index in [0.717, 1.165) is 27.2 Å². The van der Waals surface area contributed by atoms with Crippen LogP contribution in [0.2, 0.25) is 5.02 Å². The van der Waals surface area contributed by atoms with Crippen LogP contribution in [0.4, 0.5) is 22.4 Å². The first-order valence-corrected chi connectivity index (χ1v) is 13.9. The minimum atomic E-state index is -3.04. The molecule has 234 valence electrons. The number of hydrogen-bond donors (Lipinski definition) is 2. The Morgan fingerprint density at radius 3 is 2.58 bits per heavy atom. The van der Waals surface area contributed by atoms with Crippen molar-refractivity contribution in [3.05, 3.63) is 83.0 Å². The number of aromatic nitrogens is 5. The summed E-state index contributed by atoms with van der Waals surface area (Å²) >= 11 is 6.33. The van der Waals surface area contributed by atoms with Crippen molar-refractivity contribution in [1.82, 2.24) is 34.8 Å². The maximum Gasteiger partial charge on any atom is 0.407 e. The first-order chi connectivity index (χ1) is 21.4. The van der Waals surface area contributed by atoms with E-state index in [1.165, 1.54) is 18.2 Å². The number of halogens is 5. The molecule has 1 saturated carbocycles. The minimum Gasteiger partial charge on any atom is -0.447 e. The maximum atomic E-state index is 13.8. The van der Waals surface area contributed by atoms with Crippen LogP contribution in [-0.4, -0.2) is 66.0 Å². The summed E-state index contributed by atoms with van der Waals surface area (Å²) in [6.45, 7) is -0.558. The zero-order valence-corrected chi connectivity index (χ0v) is 24.1. The molecule has 3 N–H and O–H groups in total. The minimum absolute atomic E-state index is 0.00198. The molecule has 0 spiro atoms. The van der Waals surface area contributed by atoms with Crippen LogP contribution in [0.25, 0.3) is 16.9 Å². The number of guanidine groups is 1. The Kier molecular flexibility index (Phi) is 7.68. The van der Waals surface area contributed by atoms with Crippen LogP contribution < -0.4 is 11.1 Å². The zero-order valence-electron chi connectivity index (χ0n) is 23.3. The summed E-state index contributed by atoms with van der Waals surface area (Å²) in [5.74, 6) is -4.51. The fraction of sp³-hybridized carbons (Fsp3) is 0.286. The van der Waals surface area contributed by atoms with E-state index in [1.807, 2.05) is 6.07 Å². The number of nitrogens with zero attached hydrogens (tertiary/aromatic N) is 7. The van der Waals surface area contributed by atoms with Crippen molar-refractivity contribution in [2.45, 2.75) is 36.9 Å². The molecule has 12 nitrogen and oxygen atoms in total. The van der Waals surface area contributed by atoms with Gasteiger partial charge in [0.05, 0.1) is 22.4 Å². The Labute approximate surface area is 257 Å². The van der Waals surface area contributed by atoms with Gasteiger partial charge in [0.25, 0.3) is 18.3 Å². The van der Waals surface area contributed by atoms with Gasteiger partial charge in [-0.3, -0.25) is 14.4 Å². The van der Waals surface area contributed by atoms with E-state index in [1.54, 1.807) is 42.2 Å². The SMILES string of the molecule is Cn1ccc(-c2ccc(C3N=C(N)N(C(COC(=O)N[C@H]4CC4(F)F)c4ccc(Cl)c(-n5ncnc5C(F)F)c4)C3=O)cc2)n1. The lowest BCUT2D eigenvalue weighted by atomic mass is 10.0. The van der Waals surface area contributed by atoms with Crippen molar-refractivity contribution in [3.63, 3.8) is 0 Å². The molecule has 0 radical (unpaired) electrons. The summed E-state index contributed by atoms with van der Waals surface area (Å²) in [6, 6.07) is 9.42. The summed E-state index contributed by atoms with van der Waals surface area (Å²) in [5.41, 5.74) is 8.54. The summed E-state index contributed by atoms with van der Waals surface area (Å²) < 4.78 is 61.7. The number of rotatable bonds is 9. The number of benzene rings is 2. The van der Waals surface area contributed by atoms with Crippen molar-refractivity contribution >= 4 is 29.6 Å². The molecule has 2 aromatic carbocycles. The van der Waals surface area contributed by atoms with Crippen LogP contribution in [-0.2, 0) is 16.6 Å². The molecule has 45 heavy (non-hydrogen) atoms. The number of aryl methyl sites for hydroxylation is 1. The number of alkyl carbamates (subject to hydrolysis) is 1. The second kappa shape index (κ2) is 11.5. The van der Waals surface area contributed by atoms with Gasteiger partial charge in [0.15, 0.2) is 17.8 Å². The van der Waals surface area contributed by atoms with E-state index < -0.39 is 61.3 Å². The van der Waals surface area contributed by atoms with Gasteiger partial charge in [0.2, 0.25) is 0 Å². The Morgan fingerprint density at radius 2 is 1.93 bits per heavy atom. The lowest BCUT2D eigenvalue weighted by Gasteiger charge is -2.28. The Bertz CT molecular complexity index is 1790. The van der Waals surface area contributed by atoms with Crippen LogP contribution in [0, 0.1) is 0 Å². The highest BCUT2D eigenvalue weighted by molar-refractivity contribution is 6.32. The maximum absolute atomic E-state index is 13.8. The lowest BCUT2D eigenvalue weighted by molar-refractivity contribution is -0.129. The van der Waals surface area contributed by atoms with Gasteiger partial charge < -0.3 is 15.8 Å². The predicted molar refractivity (Wildman–Crippen MR) is 152 cm³/mol. The van der Waals surface area contributed by atoms with Crippen LogP contribution >= 0.6 is 11.6 Å². The molecular formula is C28H24ClF4N9O3. The molecular weight excluding hydrogens is 622 g/mol. The summed E-state index contributed by atoms with van der Waals surface area (Å²) in [5, 5.41) is 10.3. The average Bonchev–Trinajstić information content (AvgIpc) is 3.44. The number of aliphatic imine (C=N–C) groups is 1. The third-order valence-corrected chi connectivity index (χ3v) is 7.69. The summed E-state index contributed by atoms with van der Waals surface area (Å²) in [7, 11) is 1.79. The van der Waals surface area contributed by atoms with Crippen LogP contribution in [0.5, 0.6) is 0 Å². The van der Waals surface area contributed by atoms with Gasteiger partial charge in [-0.25, -0.2) is 37.0 Å². The number of nitrogens with one attached hydrogen (secondary N) is 1. The van der Waals surface area contributed by atoms with Crippen molar-refractivity contribution in [2.75, 3.05) is 6.61 Å². The third kappa shape index (κ3) is 5.92. The topological polar surface area (TPSA) is 146 Å². The third-order valence-electron chi connectivity index (χ3n) is 7.37. The Balaban J connectivity index is 1.31. The largest absolute Gasteiger partial charge is 0.447 e. The normalized spacial score (nSPS) is 19.5. The first-order valence-electron chi connectivity index (χ1n) is 13.5. The molecule has 2 amide bonds. The van der Waals surface area contributed by atoms with E-state index in [2.05, 4.69) is 25.5 Å². The number of carbonyl (C=O) groups is 2. The van der Waals surface area contributed by atoms with E-state index in [4.69, 9.17) is 22.1 Å². The highest BCUT2D eigenvalue weighted by Gasteiger charge is 2.58. The Hall–Kier alpha value is -4.99. The number of amides is 2. The highest BCUT2D eigenvalue weighted by Crippen LogP contribution is 2.42. The molecule has 3 heterocycles. The van der Waals surface area contributed by atoms with E-state index in [9.17, 15) is 27.2 Å². The van der Waals surface area contributed by atoms with Crippen LogP contribution in [0.1, 0.15) is 41.9 Å². The summed E-state index contributed by atoms with van der Waals surface area (Å²) in [4.78, 5) is 35.3. The van der Waals surface area contributed by atoms with Crippen molar-refractivity contribution in [2.24, 2.45) is 17.8 Å². The van der Waals surface area contributed by atoms with Crippen molar-refractivity contribution < 1.29 is 31.9 Å². The molecule has 4 aromatic rings. The van der Waals surface area contributed by atoms with Crippen LogP contribution in [0.3, 0.4) is 0 Å². The van der Waals surface area contributed by atoms with Crippen LogP contribution in [0.15, 0.2) is 66.0 Å². The molecule has 1 aliphatic heterocycles. The highest BCUT2D eigenvalue weighted by atomic mass is 35.5. The van der Waals surface area contributed by atoms with Gasteiger partial charge >= 0.3 is 6.09 Å². The van der Waals surface area contributed by atoms with E-state index in [-0.39, 0.29) is 22.2 Å². The Morgan fingerprint density at radius 1 is 1.20 bits per heavy atom. The number of ether oxygens (including phenoxy) is 1. The molecule has 6 rings (SSSR count). The van der Waals surface area contributed by atoms with Gasteiger partial charge in [0.1, 0.15) is 19.0 Å². The second-order valence-electron chi connectivity index (χ2n) is 10.4. The summed E-state index contributed by atoms with van der Waals surface area (Å²) in [6.07, 6.45) is -1.92. The number of nitrogens with two attached hydrogens (primary N) is 1. The van der Waals surface area contributed by atoms with Gasteiger partial charge in [0, 0.05) is 25.2 Å². The van der Waals surface area contributed by atoms with Gasteiger partial charge in [-0.2, -0.15) is 10.2 Å². The number of hydrogen-bond acceptors (Lipinski definition) is 8. The zero-order chi connectivity index (χ0) is 32.0. The molecule has 2 aliphatic rings. The first kappa shape index (κ1) is 30.1. The van der Waals surface area contributed by atoms with Gasteiger partial charge in [-0.05, 0) is 29.3 Å². The smallest absolute Gasteiger partial charge is 0.407 e. The number of carbonyl (C=O) groups excluding carboxylic acids is 2. The molecule has 1 aliphatic carbocycles. The number of alkyl halides is 4. The van der Waals surface area contributed by atoms with Gasteiger partial charge in [-0.1, -0.05) is 41.9 Å². The molecule has 3 atom stereocenters. The second-order valence-corrected chi connectivity index (χ2v) is 10.8. The molecule has 0 saturated heterocycles. The molecule has 0 bridgehead atoms. The average molecular weight is 646 g/mol. The van der Waals surface area contributed by atoms with Crippen molar-refractivity contribution in [3.8, 4) is 16.9 Å². The fourth-order valence-electron chi connectivity index (χ4n) is 4.94.